The van der Waals surface area contributed by atoms with E-state index in [1.165, 1.54) is 42.6 Å². The molecule has 1 aliphatic heterocycles. The first-order valence-corrected chi connectivity index (χ1v) is 17.1. The Morgan fingerprint density at radius 1 is 1.09 bits per heavy atom. The molecule has 15 heteroatoms. The summed E-state index contributed by atoms with van der Waals surface area (Å²) in [5, 5.41) is 35.8. The van der Waals surface area contributed by atoms with Crippen LogP contribution >= 0.6 is 7.82 Å². The predicted octanol–water partition coefficient (Wildman–Crippen LogP) is 3.64. The zero-order valence-corrected chi connectivity index (χ0v) is 26.9. The number of fused-ring (bicyclic) bond motifs is 1. The van der Waals surface area contributed by atoms with Crippen molar-refractivity contribution < 1.29 is 42.9 Å². The summed E-state index contributed by atoms with van der Waals surface area (Å²) in [6.45, 7) is 2.11. The maximum Gasteiger partial charge on any atom is 0.472 e. The Labute approximate surface area is 268 Å². The number of rotatable bonds is 20. The van der Waals surface area contributed by atoms with E-state index in [4.69, 9.17) is 29.0 Å². The van der Waals surface area contributed by atoms with Gasteiger partial charge in [0, 0.05) is 6.61 Å². The first kappa shape index (κ1) is 35.9. The largest absolute Gasteiger partial charge is 0.472 e. The molecular weight excluding hydrogens is 617 g/mol. The van der Waals surface area contributed by atoms with Crippen LogP contribution in [-0.2, 0) is 40.0 Å². The number of aliphatic hydroxyl groups excluding tert-OH is 2. The van der Waals surface area contributed by atoms with Gasteiger partial charge < -0.3 is 35.1 Å². The fourth-order valence-electron chi connectivity index (χ4n) is 5.27. The van der Waals surface area contributed by atoms with E-state index in [1.807, 2.05) is 36.4 Å². The summed E-state index contributed by atoms with van der Waals surface area (Å²) in [5.41, 5.74) is 5.23. The maximum atomic E-state index is 12.8. The van der Waals surface area contributed by atoms with Gasteiger partial charge in [0.1, 0.15) is 42.3 Å². The van der Waals surface area contributed by atoms with Gasteiger partial charge >= 0.3 is 7.82 Å². The van der Waals surface area contributed by atoms with Crippen molar-refractivity contribution in [2.45, 2.75) is 88.5 Å². The van der Waals surface area contributed by atoms with E-state index in [0.29, 0.717) is 18.7 Å². The van der Waals surface area contributed by atoms with Crippen LogP contribution in [0, 0.1) is 11.3 Å². The molecule has 1 fully saturated rings. The van der Waals surface area contributed by atoms with E-state index >= 15 is 0 Å². The Morgan fingerprint density at radius 3 is 2.57 bits per heavy atom. The zero-order chi connectivity index (χ0) is 33.0. The third kappa shape index (κ3) is 9.32. The van der Waals surface area contributed by atoms with Gasteiger partial charge in [0.25, 0.3) is 0 Å². The summed E-state index contributed by atoms with van der Waals surface area (Å²) in [4.78, 5) is 14.3. The molecule has 6 atom stereocenters. The van der Waals surface area contributed by atoms with E-state index in [1.54, 1.807) is 6.07 Å². The molecule has 1 saturated heterocycles. The molecule has 3 aromatic rings. The number of hydrogen-bond acceptors (Lipinski definition) is 12. The molecule has 1 unspecified atom stereocenters. The quantitative estimate of drug-likeness (QED) is 0.101. The van der Waals surface area contributed by atoms with Crippen molar-refractivity contribution in [3.8, 4) is 6.07 Å². The Morgan fingerprint density at radius 2 is 1.83 bits per heavy atom. The molecule has 0 bridgehead atoms. The molecule has 5 N–H and O–H groups in total. The van der Waals surface area contributed by atoms with Crippen molar-refractivity contribution in [3.63, 3.8) is 0 Å². The Bertz CT molecular complexity index is 1460. The molecule has 0 radical (unpaired) electrons. The number of phosphoric acid groups is 1. The first-order valence-electron chi connectivity index (χ1n) is 15.6. The van der Waals surface area contributed by atoms with Crippen LogP contribution in [0.25, 0.3) is 5.52 Å². The van der Waals surface area contributed by atoms with Gasteiger partial charge in [-0.15, -0.1) is 0 Å². The number of nitrogens with zero attached hydrogens (tertiary/aromatic N) is 4. The third-order valence-corrected chi connectivity index (χ3v) is 8.78. The summed E-state index contributed by atoms with van der Waals surface area (Å²) < 4.78 is 42.0. The second kappa shape index (κ2) is 17.3. The van der Waals surface area contributed by atoms with E-state index in [2.05, 4.69) is 17.0 Å². The lowest BCUT2D eigenvalue weighted by molar-refractivity contribution is -0.0684. The number of anilines is 1. The van der Waals surface area contributed by atoms with Gasteiger partial charge in [-0.25, -0.2) is 14.1 Å². The molecule has 252 valence electrons. The highest BCUT2D eigenvalue weighted by Gasteiger charge is 2.58. The monoisotopic (exact) mass is 661 g/mol. The molecule has 1 aromatic carbocycles. The minimum Gasteiger partial charge on any atom is -0.387 e. The molecule has 4 rings (SSSR count). The number of nitriles is 1. The Balaban J connectivity index is 1.31. The van der Waals surface area contributed by atoms with Gasteiger partial charge in [0.05, 0.1) is 32.1 Å². The van der Waals surface area contributed by atoms with Crippen LogP contribution in [0.1, 0.15) is 63.1 Å². The molecule has 14 nitrogen and oxygen atoms in total. The average molecular weight is 662 g/mol. The van der Waals surface area contributed by atoms with E-state index < -0.39 is 44.4 Å². The second-order valence-electron chi connectivity index (χ2n) is 11.3. The number of aromatic nitrogens is 3. The molecule has 1 aliphatic rings. The Kier molecular flexibility index (Phi) is 13.5. The van der Waals surface area contributed by atoms with Crippen molar-refractivity contribution in [2.75, 3.05) is 32.2 Å². The molecule has 0 amide bonds. The number of unbranched alkanes of at least 4 members (excludes halogenated alkanes) is 6. The molecule has 0 saturated carbocycles. The van der Waals surface area contributed by atoms with Gasteiger partial charge in [0.2, 0.25) is 5.60 Å². The van der Waals surface area contributed by atoms with Crippen LogP contribution in [0.4, 0.5) is 5.82 Å². The van der Waals surface area contributed by atoms with Crippen molar-refractivity contribution in [2.24, 2.45) is 0 Å². The first-order chi connectivity index (χ1) is 22.2. The van der Waals surface area contributed by atoms with Crippen LogP contribution in [0.3, 0.4) is 0 Å². The molecule has 0 spiro atoms. The lowest BCUT2D eigenvalue weighted by Gasteiger charge is -2.24. The number of ether oxygens (including phenoxy) is 3. The highest BCUT2D eigenvalue weighted by molar-refractivity contribution is 7.47. The minimum absolute atomic E-state index is 0.0908. The molecule has 3 heterocycles. The summed E-state index contributed by atoms with van der Waals surface area (Å²) in [7, 11) is -4.69. The number of nitrogens with two attached hydrogens (primary N) is 1. The van der Waals surface area contributed by atoms with Crippen molar-refractivity contribution >= 4 is 19.2 Å². The van der Waals surface area contributed by atoms with E-state index in [0.717, 1.165) is 24.8 Å². The highest BCUT2D eigenvalue weighted by Crippen LogP contribution is 2.46. The molecule has 2 aromatic heterocycles. The van der Waals surface area contributed by atoms with Crippen molar-refractivity contribution in [1.29, 1.82) is 5.26 Å². The zero-order valence-electron chi connectivity index (χ0n) is 26.0. The number of benzene rings is 1. The standard InChI is InChI=1S/C31H44N5O9P/c1-2-3-4-5-6-7-11-16-42-24(18-41-17-23-12-9-8-10-13-23)19-43-46(39,40)44-20-26-28(37)29(38)31(21-32,45-26)27-15-14-25-30(33)34-22-35-36(25)27/h8-10,12-15,22,24,26,28-29,37-38H,2-7,11,16-20H2,1H3,(H,39,40)(H2,33,34,35)/t24-,26-,28-,29-,31+/m1/s1. The molecule has 46 heavy (non-hydrogen) atoms. The van der Waals surface area contributed by atoms with Crippen molar-refractivity contribution in [1.82, 2.24) is 14.6 Å². The second-order valence-corrected chi connectivity index (χ2v) is 12.7. The lowest BCUT2D eigenvalue weighted by Crippen LogP contribution is -2.41. The van der Waals surface area contributed by atoms with Crippen LogP contribution in [0.15, 0.2) is 48.8 Å². The van der Waals surface area contributed by atoms with Crippen LogP contribution in [0.5, 0.6) is 0 Å². The average Bonchev–Trinajstić information content (AvgIpc) is 3.60. The van der Waals surface area contributed by atoms with E-state index in [9.17, 15) is 24.9 Å². The lowest BCUT2D eigenvalue weighted by atomic mass is 9.92. The predicted molar refractivity (Wildman–Crippen MR) is 167 cm³/mol. The summed E-state index contributed by atoms with van der Waals surface area (Å²) >= 11 is 0. The smallest absolute Gasteiger partial charge is 0.387 e. The summed E-state index contributed by atoms with van der Waals surface area (Å²) in [6.07, 6.45) is 3.59. The van der Waals surface area contributed by atoms with Crippen LogP contribution in [-0.4, -0.2) is 80.5 Å². The van der Waals surface area contributed by atoms with E-state index in [-0.39, 0.29) is 24.7 Å². The normalized spacial score (nSPS) is 23.3. The minimum atomic E-state index is -4.69. The van der Waals surface area contributed by atoms with Crippen LogP contribution < -0.4 is 5.73 Å². The number of phosphoric ester groups is 1. The fourth-order valence-corrected chi connectivity index (χ4v) is 6.03. The fraction of sp³-hybridized carbons (Fsp3) is 0.581. The Hall–Kier alpha value is -2.96. The maximum absolute atomic E-state index is 12.8. The summed E-state index contributed by atoms with van der Waals surface area (Å²) in [6, 6.07) is 14.5. The van der Waals surface area contributed by atoms with Gasteiger partial charge in [-0.3, -0.25) is 9.05 Å². The van der Waals surface area contributed by atoms with Crippen molar-refractivity contribution in [3.05, 3.63) is 60.0 Å². The SMILES string of the molecule is CCCCCCCCCO[C@H](COCc1ccccc1)COP(=O)(O)OC[C@H]1O[C@@](C#N)(c2ccc3c(N)ncnn23)[C@H](O)[C@@H]1O. The van der Waals surface area contributed by atoms with Gasteiger partial charge in [-0.05, 0) is 24.1 Å². The number of nitrogen functional groups attached to an aromatic ring is 1. The van der Waals surface area contributed by atoms with Gasteiger partial charge in [0.15, 0.2) is 5.82 Å². The highest BCUT2D eigenvalue weighted by atomic mass is 31.2. The molecule has 0 aliphatic carbocycles. The summed E-state index contributed by atoms with van der Waals surface area (Å²) in [5.74, 6) is 0.135. The number of aliphatic hydroxyl groups is 2. The van der Waals surface area contributed by atoms with Gasteiger partial charge in [-0.2, -0.15) is 10.4 Å². The van der Waals surface area contributed by atoms with Gasteiger partial charge in [-0.1, -0.05) is 75.8 Å². The third-order valence-electron chi connectivity index (χ3n) is 7.83. The number of hydrogen-bond donors (Lipinski definition) is 4. The molecular formula is C31H44N5O9P. The topological polar surface area (TPSA) is 204 Å². The van der Waals surface area contributed by atoms with Crippen LogP contribution in [0.2, 0.25) is 0 Å².